The highest BCUT2D eigenvalue weighted by Gasteiger charge is 2.20. The van der Waals surface area contributed by atoms with Crippen LogP contribution in [-0.4, -0.2) is 81.0 Å². The van der Waals surface area contributed by atoms with E-state index in [0.29, 0.717) is 43.6 Å². The standard InChI is InChI=1S/C24H30N8O4/c1-15(2)19(14-33)27-23(34)29-20-8-3-16-13-25-22(30-21(16)28-20)26-17-4-6-18(7-5-17)31-9-11-32(12-10-31)24(35)36/h3-8,13,15,19,33H,9-12,14H2,1-2H3,(H,35,36)(H3,25,26,27,28,29,30,34)/t19-/m0/s1. The number of hydrogen-bond donors (Lipinski definition) is 5. The summed E-state index contributed by atoms with van der Waals surface area (Å²) in [6.07, 6.45) is 0.768. The molecule has 1 fully saturated rings. The van der Waals surface area contributed by atoms with Crippen molar-refractivity contribution in [2.75, 3.05) is 48.3 Å². The van der Waals surface area contributed by atoms with Gasteiger partial charge in [-0.2, -0.15) is 4.98 Å². The van der Waals surface area contributed by atoms with Gasteiger partial charge in [-0.15, -0.1) is 0 Å². The molecule has 0 radical (unpaired) electrons. The number of piperazine rings is 1. The van der Waals surface area contributed by atoms with Crippen LogP contribution in [0.2, 0.25) is 0 Å². The maximum atomic E-state index is 12.3. The van der Waals surface area contributed by atoms with Gasteiger partial charge >= 0.3 is 12.1 Å². The van der Waals surface area contributed by atoms with Gasteiger partial charge in [-0.25, -0.2) is 19.6 Å². The molecule has 0 unspecified atom stereocenters. The van der Waals surface area contributed by atoms with Crippen LogP contribution in [0.1, 0.15) is 13.8 Å². The number of amides is 3. The molecule has 3 aromatic rings. The zero-order valence-electron chi connectivity index (χ0n) is 20.2. The molecule has 5 N–H and O–H groups in total. The number of rotatable bonds is 7. The Bertz CT molecular complexity index is 1210. The Morgan fingerprint density at radius 1 is 1.03 bits per heavy atom. The molecule has 12 nitrogen and oxygen atoms in total. The molecule has 4 rings (SSSR count). The molecule has 2 aromatic heterocycles. The first kappa shape index (κ1) is 24.9. The molecule has 1 saturated heterocycles. The highest BCUT2D eigenvalue weighted by Crippen LogP contribution is 2.22. The van der Waals surface area contributed by atoms with Crippen LogP contribution >= 0.6 is 0 Å². The third-order valence-corrected chi connectivity index (χ3v) is 6.04. The predicted octanol–water partition coefficient (Wildman–Crippen LogP) is 2.71. The summed E-state index contributed by atoms with van der Waals surface area (Å²) in [6.45, 7) is 5.92. The number of aromatic nitrogens is 3. The van der Waals surface area contributed by atoms with Gasteiger partial charge in [0, 0.05) is 49.1 Å². The normalized spacial score (nSPS) is 14.6. The lowest BCUT2D eigenvalue weighted by atomic mass is 10.1. The molecule has 0 spiro atoms. The molecule has 12 heteroatoms. The molecular weight excluding hydrogens is 464 g/mol. The summed E-state index contributed by atoms with van der Waals surface area (Å²) < 4.78 is 0. The number of aliphatic hydroxyl groups excluding tert-OH is 1. The average molecular weight is 495 g/mol. The van der Waals surface area contributed by atoms with Crippen LogP contribution in [0.4, 0.5) is 32.7 Å². The van der Waals surface area contributed by atoms with Crippen LogP contribution in [-0.2, 0) is 0 Å². The van der Waals surface area contributed by atoms with Gasteiger partial charge in [0.2, 0.25) is 5.95 Å². The second-order valence-electron chi connectivity index (χ2n) is 8.86. The fraction of sp³-hybridized carbons (Fsp3) is 0.375. The Morgan fingerprint density at radius 2 is 1.75 bits per heavy atom. The van der Waals surface area contributed by atoms with E-state index in [9.17, 15) is 14.7 Å². The minimum Gasteiger partial charge on any atom is -0.465 e. The van der Waals surface area contributed by atoms with Crippen molar-refractivity contribution in [2.24, 2.45) is 5.92 Å². The van der Waals surface area contributed by atoms with Crippen LogP contribution in [0.3, 0.4) is 0 Å². The number of carbonyl (C=O) groups is 2. The molecule has 0 aliphatic carbocycles. The van der Waals surface area contributed by atoms with Crippen molar-refractivity contribution >= 4 is 46.3 Å². The molecule has 36 heavy (non-hydrogen) atoms. The second-order valence-corrected chi connectivity index (χ2v) is 8.86. The van der Waals surface area contributed by atoms with Gasteiger partial charge in [-0.05, 0) is 42.3 Å². The summed E-state index contributed by atoms with van der Waals surface area (Å²) in [6, 6.07) is 10.4. The van der Waals surface area contributed by atoms with Crippen molar-refractivity contribution in [3.8, 4) is 0 Å². The molecule has 3 heterocycles. The van der Waals surface area contributed by atoms with E-state index in [1.807, 2.05) is 38.1 Å². The van der Waals surface area contributed by atoms with E-state index >= 15 is 0 Å². The number of nitrogens with one attached hydrogen (secondary N) is 3. The zero-order chi connectivity index (χ0) is 25.7. The summed E-state index contributed by atoms with van der Waals surface area (Å²) in [5, 5.41) is 27.8. The van der Waals surface area contributed by atoms with E-state index in [4.69, 9.17) is 5.11 Å². The first-order valence-corrected chi connectivity index (χ1v) is 11.7. The van der Waals surface area contributed by atoms with Crippen LogP contribution in [0.15, 0.2) is 42.6 Å². The number of anilines is 4. The predicted molar refractivity (Wildman–Crippen MR) is 137 cm³/mol. The summed E-state index contributed by atoms with van der Waals surface area (Å²) in [5.41, 5.74) is 2.22. The van der Waals surface area contributed by atoms with Crippen LogP contribution in [0.5, 0.6) is 0 Å². The van der Waals surface area contributed by atoms with E-state index in [-0.39, 0.29) is 18.6 Å². The zero-order valence-corrected chi connectivity index (χ0v) is 20.2. The summed E-state index contributed by atoms with van der Waals surface area (Å²) in [7, 11) is 0. The SMILES string of the molecule is CC(C)[C@H](CO)NC(=O)Nc1ccc2cnc(Nc3ccc(N4CCN(C(=O)O)CC4)cc3)nc2n1. The van der Waals surface area contributed by atoms with Crippen LogP contribution < -0.4 is 20.9 Å². The number of carbonyl (C=O) groups excluding carboxylic acids is 1. The largest absolute Gasteiger partial charge is 0.465 e. The van der Waals surface area contributed by atoms with E-state index in [1.165, 1.54) is 4.90 Å². The third kappa shape index (κ3) is 6.08. The highest BCUT2D eigenvalue weighted by atomic mass is 16.4. The van der Waals surface area contributed by atoms with E-state index in [1.54, 1.807) is 18.3 Å². The van der Waals surface area contributed by atoms with Crippen molar-refractivity contribution < 1.29 is 19.8 Å². The van der Waals surface area contributed by atoms with Gasteiger partial charge in [0.15, 0.2) is 5.65 Å². The minimum atomic E-state index is -0.883. The quantitative estimate of drug-likeness (QED) is 0.333. The number of fused-ring (bicyclic) bond motifs is 1. The number of urea groups is 1. The third-order valence-electron chi connectivity index (χ3n) is 6.04. The Kier molecular flexibility index (Phi) is 7.64. The Hall–Kier alpha value is -4.19. The Morgan fingerprint density at radius 3 is 2.39 bits per heavy atom. The topological polar surface area (TPSA) is 156 Å². The number of nitrogens with zero attached hydrogens (tertiary/aromatic N) is 5. The van der Waals surface area contributed by atoms with Crippen molar-refractivity contribution in [3.05, 3.63) is 42.6 Å². The van der Waals surface area contributed by atoms with Crippen LogP contribution in [0.25, 0.3) is 11.0 Å². The number of aliphatic hydroxyl groups is 1. The van der Waals surface area contributed by atoms with Gasteiger partial charge in [0.1, 0.15) is 5.82 Å². The van der Waals surface area contributed by atoms with Gasteiger partial charge < -0.3 is 30.6 Å². The molecule has 3 amide bonds. The Balaban J connectivity index is 1.40. The van der Waals surface area contributed by atoms with Gasteiger partial charge in [0.25, 0.3) is 0 Å². The molecule has 1 atom stereocenters. The summed E-state index contributed by atoms with van der Waals surface area (Å²) in [4.78, 5) is 40.1. The van der Waals surface area contributed by atoms with Gasteiger partial charge in [0.05, 0.1) is 12.6 Å². The molecule has 1 aliphatic rings. The molecule has 0 saturated carbocycles. The average Bonchev–Trinajstić information content (AvgIpc) is 2.87. The summed E-state index contributed by atoms with van der Waals surface area (Å²) >= 11 is 0. The Labute approximate surface area is 208 Å². The first-order valence-electron chi connectivity index (χ1n) is 11.7. The van der Waals surface area contributed by atoms with Gasteiger partial charge in [-0.1, -0.05) is 13.8 Å². The second kappa shape index (κ2) is 11.0. The molecule has 1 aromatic carbocycles. The first-order chi connectivity index (χ1) is 17.3. The molecule has 190 valence electrons. The van der Waals surface area contributed by atoms with E-state index in [0.717, 1.165) is 16.8 Å². The number of hydrogen-bond acceptors (Lipinski definition) is 8. The van der Waals surface area contributed by atoms with E-state index in [2.05, 4.69) is 35.8 Å². The number of benzene rings is 1. The lowest BCUT2D eigenvalue weighted by molar-refractivity contribution is 0.142. The maximum Gasteiger partial charge on any atom is 0.407 e. The minimum absolute atomic E-state index is 0.0860. The van der Waals surface area contributed by atoms with Gasteiger partial charge in [-0.3, -0.25) is 5.32 Å². The highest BCUT2D eigenvalue weighted by molar-refractivity contribution is 5.90. The van der Waals surface area contributed by atoms with E-state index < -0.39 is 12.1 Å². The maximum absolute atomic E-state index is 12.3. The molecule has 1 aliphatic heterocycles. The fourth-order valence-corrected chi connectivity index (χ4v) is 3.82. The van der Waals surface area contributed by atoms with Crippen molar-refractivity contribution in [1.29, 1.82) is 0 Å². The molecular formula is C24H30N8O4. The summed E-state index contributed by atoms with van der Waals surface area (Å²) in [5.74, 6) is 0.778. The lowest BCUT2D eigenvalue weighted by Gasteiger charge is -2.34. The van der Waals surface area contributed by atoms with Crippen LogP contribution in [0, 0.1) is 5.92 Å². The number of pyridine rings is 1. The van der Waals surface area contributed by atoms with Crippen molar-refractivity contribution in [3.63, 3.8) is 0 Å². The number of carboxylic acid groups (broad SMARTS) is 1. The van der Waals surface area contributed by atoms with Crippen molar-refractivity contribution in [2.45, 2.75) is 19.9 Å². The fourth-order valence-electron chi connectivity index (χ4n) is 3.82. The smallest absolute Gasteiger partial charge is 0.407 e. The molecule has 0 bridgehead atoms. The van der Waals surface area contributed by atoms with Crippen molar-refractivity contribution in [1.82, 2.24) is 25.2 Å². The lowest BCUT2D eigenvalue weighted by Crippen LogP contribution is -2.48. The monoisotopic (exact) mass is 494 g/mol.